The summed E-state index contributed by atoms with van der Waals surface area (Å²) >= 11 is 0. The lowest BCUT2D eigenvalue weighted by Gasteiger charge is -2.30. The Kier molecular flexibility index (Phi) is 4.88. The van der Waals surface area contributed by atoms with Crippen molar-refractivity contribution in [2.24, 2.45) is 0 Å². The Hall–Kier alpha value is -3.14. The van der Waals surface area contributed by atoms with E-state index in [9.17, 15) is 4.79 Å². The van der Waals surface area contributed by atoms with Gasteiger partial charge in [-0.2, -0.15) is 0 Å². The first-order chi connectivity index (χ1) is 13.2. The van der Waals surface area contributed by atoms with E-state index in [1.165, 1.54) is 11.3 Å². The van der Waals surface area contributed by atoms with Gasteiger partial charge in [-0.3, -0.25) is 4.79 Å². The Morgan fingerprint density at radius 1 is 1.07 bits per heavy atom. The monoisotopic (exact) mass is 357 g/mol. The number of nitrogens with one attached hydrogen (secondary N) is 1. The molecule has 27 heavy (non-hydrogen) atoms. The number of hydrogen-bond acceptors (Lipinski definition) is 3. The molecule has 0 spiro atoms. The van der Waals surface area contributed by atoms with Crippen LogP contribution in [0.2, 0.25) is 0 Å². The molecular formula is C23H23N3O. The van der Waals surface area contributed by atoms with E-state index in [2.05, 4.69) is 39.5 Å². The van der Waals surface area contributed by atoms with Crippen LogP contribution in [0, 0.1) is 0 Å². The van der Waals surface area contributed by atoms with Crippen LogP contribution >= 0.6 is 0 Å². The van der Waals surface area contributed by atoms with Crippen molar-refractivity contribution in [2.45, 2.75) is 25.8 Å². The van der Waals surface area contributed by atoms with Crippen molar-refractivity contribution in [3.8, 4) is 0 Å². The summed E-state index contributed by atoms with van der Waals surface area (Å²) in [6, 6.07) is 22.0. The highest BCUT2D eigenvalue weighted by molar-refractivity contribution is 5.95. The highest BCUT2D eigenvalue weighted by Crippen LogP contribution is 2.32. The number of nitrogens with zero attached hydrogens (tertiary/aromatic N) is 2. The molecule has 0 saturated heterocycles. The molecule has 1 amide bonds. The molecule has 1 aromatic heterocycles. The average Bonchev–Trinajstić information content (AvgIpc) is 2.74. The summed E-state index contributed by atoms with van der Waals surface area (Å²) in [5, 5.41) is 3.08. The normalized spacial score (nSPS) is 14.3. The van der Waals surface area contributed by atoms with Crippen LogP contribution in [0.15, 0.2) is 72.9 Å². The van der Waals surface area contributed by atoms with E-state index in [1.54, 1.807) is 12.3 Å². The number of carbonyl (C=O) groups is 1. The SMILES string of the molecule is CC(NC(=O)c1ccnc(N2CCCc3ccccc32)c1)c1ccccc1. The molecule has 136 valence electrons. The minimum absolute atomic E-state index is 0.0500. The fourth-order valence-electron chi connectivity index (χ4n) is 3.58. The van der Waals surface area contributed by atoms with Gasteiger partial charge in [0.15, 0.2) is 0 Å². The van der Waals surface area contributed by atoms with Crippen molar-refractivity contribution >= 4 is 17.4 Å². The van der Waals surface area contributed by atoms with E-state index in [-0.39, 0.29) is 11.9 Å². The molecule has 1 atom stereocenters. The van der Waals surface area contributed by atoms with Gasteiger partial charge in [-0.1, -0.05) is 48.5 Å². The molecule has 0 saturated carbocycles. The smallest absolute Gasteiger partial charge is 0.251 e. The zero-order valence-corrected chi connectivity index (χ0v) is 15.4. The Balaban J connectivity index is 1.56. The van der Waals surface area contributed by atoms with Crippen LogP contribution < -0.4 is 10.2 Å². The lowest BCUT2D eigenvalue weighted by Crippen LogP contribution is -2.28. The lowest BCUT2D eigenvalue weighted by molar-refractivity contribution is 0.0940. The zero-order valence-electron chi connectivity index (χ0n) is 15.4. The van der Waals surface area contributed by atoms with Crippen molar-refractivity contribution in [3.63, 3.8) is 0 Å². The molecular weight excluding hydrogens is 334 g/mol. The first-order valence-electron chi connectivity index (χ1n) is 9.40. The summed E-state index contributed by atoms with van der Waals surface area (Å²) in [7, 11) is 0. The van der Waals surface area contributed by atoms with Crippen molar-refractivity contribution in [1.29, 1.82) is 0 Å². The number of anilines is 2. The molecule has 4 nitrogen and oxygen atoms in total. The minimum atomic E-state index is -0.0831. The van der Waals surface area contributed by atoms with Gasteiger partial charge >= 0.3 is 0 Å². The van der Waals surface area contributed by atoms with Crippen LogP contribution in [0.5, 0.6) is 0 Å². The van der Waals surface area contributed by atoms with Crippen LogP contribution in [0.1, 0.15) is 40.9 Å². The highest BCUT2D eigenvalue weighted by atomic mass is 16.1. The van der Waals surface area contributed by atoms with Crippen molar-refractivity contribution in [2.75, 3.05) is 11.4 Å². The van der Waals surface area contributed by atoms with Gasteiger partial charge in [0.1, 0.15) is 5.82 Å². The van der Waals surface area contributed by atoms with Gasteiger partial charge < -0.3 is 10.2 Å². The van der Waals surface area contributed by atoms with E-state index in [0.717, 1.165) is 30.8 Å². The number of aromatic nitrogens is 1. The largest absolute Gasteiger partial charge is 0.346 e. The summed E-state index contributed by atoms with van der Waals surface area (Å²) < 4.78 is 0. The predicted molar refractivity (Wildman–Crippen MR) is 108 cm³/mol. The number of carbonyl (C=O) groups excluding carboxylic acids is 1. The van der Waals surface area contributed by atoms with Crippen molar-refractivity contribution in [1.82, 2.24) is 10.3 Å². The lowest BCUT2D eigenvalue weighted by atomic mass is 10.0. The Morgan fingerprint density at radius 3 is 2.70 bits per heavy atom. The van der Waals surface area contributed by atoms with Crippen molar-refractivity contribution in [3.05, 3.63) is 89.6 Å². The Bertz CT molecular complexity index is 939. The van der Waals surface area contributed by atoms with Gasteiger partial charge in [-0.15, -0.1) is 0 Å². The third kappa shape index (κ3) is 3.70. The number of fused-ring (bicyclic) bond motifs is 1. The van der Waals surface area contributed by atoms with Crippen LogP contribution in [0.4, 0.5) is 11.5 Å². The maximum absolute atomic E-state index is 12.8. The molecule has 1 N–H and O–H groups in total. The third-order valence-electron chi connectivity index (χ3n) is 5.04. The molecule has 1 unspecified atom stereocenters. The molecule has 0 radical (unpaired) electrons. The first-order valence-corrected chi connectivity index (χ1v) is 9.40. The minimum Gasteiger partial charge on any atom is -0.346 e. The zero-order chi connectivity index (χ0) is 18.6. The predicted octanol–water partition coefficient (Wildman–Crippen LogP) is 4.66. The van der Waals surface area contributed by atoms with Gasteiger partial charge in [0.25, 0.3) is 5.91 Å². The highest BCUT2D eigenvalue weighted by Gasteiger charge is 2.20. The maximum Gasteiger partial charge on any atom is 0.251 e. The standard InChI is InChI=1S/C23H23N3O/c1-17(18-8-3-2-4-9-18)25-23(27)20-13-14-24-22(16-20)26-15-7-11-19-10-5-6-12-21(19)26/h2-6,8-10,12-14,16-17H,7,11,15H2,1H3,(H,25,27). The van der Waals surface area contributed by atoms with Gasteiger partial charge in [0.2, 0.25) is 0 Å². The molecule has 1 aliphatic heterocycles. The molecule has 0 bridgehead atoms. The van der Waals surface area contributed by atoms with Gasteiger partial charge in [-0.05, 0) is 49.1 Å². The maximum atomic E-state index is 12.8. The van der Waals surface area contributed by atoms with Gasteiger partial charge in [0.05, 0.1) is 6.04 Å². The molecule has 0 aliphatic carbocycles. The Morgan fingerprint density at radius 2 is 1.85 bits per heavy atom. The number of amides is 1. The topological polar surface area (TPSA) is 45.2 Å². The van der Waals surface area contributed by atoms with E-state index < -0.39 is 0 Å². The van der Waals surface area contributed by atoms with E-state index in [0.29, 0.717) is 5.56 Å². The number of rotatable bonds is 4. The van der Waals surface area contributed by atoms with Gasteiger partial charge in [0, 0.05) is 24.0 Å². The van der Waals surface area contributed by atoms with Crippen LogP contribution in [0.25, 0.3) is 0 Å². The van der Waals surface area contributed by atoms with Gasteiger partial charge in [-0.25, -0.2) is 4.98 Å². The summed E-state index contributed by atoms with van der Waals surface area (Å²) in [5.74, 6) is 0.738. The molecule has 2 aromatic carbocycles. The van der Waals surface area contributed by atoms with Crippen LogP contribution in [-0.4, -0.2) is 17.4 Å². The summed E-state index contributed by atoms with van der Waals surface area (Å²) in [6.07, 6.45) is 3.89. The Labute approximate surface area is 159 Å². The molecule has 4 rings (SSSR count). The first kappa shape index (κ1) is 17.3. The molecule has 1 aliphatic rings. The summed E-state index contributed by atoms with van der Waals surface area (Å²) in [4.78, 5) is 19.5. The van der Waals surface area contributed by atoms with Crippen LogP contribution in [-0.2, 0) is 6.42 Å². The summed E-state index contributed by atoms with van der Waals surface area (Å²) in [6.45, 7) is 2.91. The number of pyridine rings is 1. The number of para-hydroxylation sites is 1. The molecule has 4 heteroatoms. The fourth-order valence-corrected chi connectivity index (χ4v) is 3.58. The molecule has 3 aromatic rings. The van der Waals surface area contributed by atoms with Crippen molar-refractivity contribution < 1.29 is 4.79 Å². The van der Waals surface area contributed by atoms with Crippen LogP contribution in [0.3, 0.4) is 0 Å². The number of hydrogen-bond donors (Lipinski definition) is 1. The van der Waals surface area contributed by atoms with E-state index in [4.69, 9.17) is 0 Å². The number of aryl methyl sites for hydroxylation is 1. The second kappa shape index (κ2) is 7.62. The second-order valence-corrected chi connectivity index (χ2v) is 6.89. The average molecular weight is 357 g/mol. The third-order valence-corrected chi connectivity index (χ3v) is 5.04. The summed E-state index contributed by atoms with van der Waals surface area (Å²) in [5.41, 5.74) is 4.24. The number of benzene rings is 2. The molecule has 2 heterocycles. The quantitative estimate of drug-likeness (QED) is 0.739. The fraction of sp³-hybridized carbons (Fsp3) is 0.217. The van der Waals surface area contributed by atoms with E-state index in [1.807, 2.05) is 43.3 Å². The molecule has 0 fully saturated rings. The second-order valence-electron chi connectivity index (χ2n) is 6.89. The van der Waals surface area contributed by atoms with E-state index >= 15 is 0 Å².